The van der Waals surface area contributed by atoms with Crippen LogP contribution in [-0.2, 0) is 11.3 Å². The van der Waals surface area contributed by atoms with E-state index in [9.17, 15) is 14.9 Å². The molecule has 0 spiro atoms. The quantitative estimate of drug-likeness (QED) is 0.246. The smallest absolute Gasteiger partial charge is 0.410 e. The minimum atomic E-state index is -0.517. The van der Waals surface area contributed by atoms with E-state index in [4.69, 9.17) is 9.47 Å². The Morgan fingerprint density at radius 2 is 1.60 bits per heavy atom. The van der Waals surface area contributed by atoms with Crippen LogP contribution >= 0.6 is 0 Å². The summed E-state index contributed by atoms with van der Waals surface area (Å²) in [7, 11) is 0. The third-order valence-corrected chi connectivity index (χ3v) is 7.19. The first-order valence-electron chi connectivity index (χ1n) is 14.2. The summed E-state index contributed by atoms with van der Waals surface area (Å²) in [5.74, 6) is 0.612. The summed E-state index contributed by atoms with van der Waals surface area (Å²) in [6, 6.07) is 30.7. The molecule has 214 valence electrons. The molecule has 1 heterocycles. The Bertz CT molecular complexity index is 1600. The van der Waals surface area contributed by atoms with E-state index in [1.54, 1.807) is 15.9 Å². The van der Waals surface area contributed by atoms with Crippen LogP contribution in [0.15, 0.2) is 91.0 Å². The van der Waals surface area contributed by atoms with E-state index >= 15 is 0 Å². The highest BCUT2D eigenvalue weighted by Gasteiger charge is 2.28. The summed E-state index contributed by atoms with van der Waals surface area (Å²) < 4.78 is 11.7. The SMILES string of the molecule is CC(C)(C)OC(=O)N1CCC(Oc2ccc(N(Cc3ccc4ccc(C#N)cc4c3)C(=O)c3ccccc3)cc2)CC1. The van der Waals surface area contributed by atoms with Gasteiger partial charge in [0.25, 0.3) is 5.91 Å². The fourth-order valence-corrected chi connectivity index (χ4v) is 5.04. The average molecular weight is 562 g/mol. The molecule has 0 radical (unpaired) electrons. The van der Waals surface area contributed by atoms with Crippen LogP contribution in [0.2, 0.25) is 0 Å². The van der Waals surface area contributed by atoms with Crippen LogP contribution < -0.4 is 9.64 Å². The molecule has 2 amide bonds. The summed E-state index contributed by atoms with van der Waals surface area (Å²) in [5, 5.41) is 11.3. The monoisotopic (exact) mass is 561 g/mol. The number of hydrogen-bond acceptors (Lipinski definition) is 5. The van der Waals surface area contributed by atoms with Crippen LogP contribution in [0.5, 0.6) is 5.75 Å². The first kappa shape index (κ1) is 28.7. The Balaban J connectivity index is 1.31. The number of carbonyl (C=O) groups excluding carboxylic acids is 2. The zero-order chi connectivity index (χ0) is 29.7. The van der Waals surface area contributed by atoms with E-state index in [1.807, 2.05) is 106 Å². The second-order valence-electron chi connectivity index (χ2n) is 11.5. The number of piperidine rings is 1. The molecule has 7 nitrogen and oxygen atoms in total. The Labute approximate surface area is 246 Å². The molecule has 1 aliphatic heterocycles. The van der Waals surface area contributed by atoms with Crippen molar-refractivity contribution in [1.29, 1.82) is 5.26 Å². The third kappa shape index (κ3) is 7.08. The van der Waals surface area contributed by atoms with Crippen molar-refractivity contribution in [2.75, 3.05) is 18.0 Å². The van der Waals surface area contributed by atoms with Crippen molar-refractivity contribution < 1.29 is 19.1 Å². The molecule has 1 aliphatic rings. The lowest BCUT2D eigenvalue weighted by Gasteiger charge is -2.33. The number of likely N-dealkylation sites (tertiary alicyclic amines) is 1. The van der Waals surface area contributed by atoms with Gasteiger partial charge >= 0.3 is 6.09 Å². The van der Waals surface area contributed by atoms with Gasteiger partial charge in [0.15, 0.2) is 0 Å². The van der Waals surface area contributed by atoms with Gasteiger partial charge in [-0.3, -0.25) is 4.79 Å². The molecule has 1 fully saturated rings. The van der Waals surface area contributed by atoms with Gasteiger partial charge in [-0.2, -0.15) is 5.26 Å². The summed E-state index contributed by atoms with van der Waals surface area (Å²) in [4.78, 5) is 29.6. The number of fused-ring (bicyclic) bond motifs is 1. The van der Waals surface area contributed by atoms with Crippen LogP contribution in [0.4, 0.5) is 10.5 Å². The van der Waals surface area contributed by atoms with Crippen molar-refractivity contribution >= 4 is 28.5 Å². The van der Waals surface area contributed by atoms with E-state index in [1.165, 1.54) is 0 Å². The van der Waals surface area contributed by atoms with Crippen LogP contribution in [0, 0.1) is 11.3 Å². The Kier molecular flexibility index (Phi) is 8.44. The molecule has 0 aromatic heterocycles. The summed E-state index contributed by atoms with van der Waals surface area (Å²) in [6.07, 6.45) is 1.14. The highest BCUT2D eigenvalue weighted by Crippen LogP contribution is 2.27. The normalized spacial score (nSPS) is 13.8. The molecule has 4 aromatic carbocycles. The molecule has 0 unspecified atom stereocenters. The molecule has 0 saturated carbocycles. The molecule has 0 N–H and O–H groups in total. The summed E-state index contributed by atoms with van der Waals surface area (Å²) in [6.45, 7) is 7.13. The molecular formula is C35H35N3O4. The molecule has 0 aliphatic carbocycles. The molecule has 1 saturated heterocycles. The van der Waals surface area contributed by atoms with Crippen LogP contribution in [0.3, 0.4) is 0 Å². The molecule has 7 heteroatoms. The Morgan fingerprint density at radius 3 is 2.26 bits per heavy atom. The number of nitriles is 1. The fourth-order valence-electron chi connectivity index (χ4n) is 5.04. The summed E-state index contributed by atoms with van der Waals surface area (Å²) >= 11 is 0. The Morgan fingerprint density at radius 1 is 0.905 bits per heavy atom. The van der Waals surface area contributed by atoms with Gasteiger partial charge in [0.1, 0.15) is 17.5 Å². The molecular weight excluding hydrogens is 526 g/mol. The van der Waals surface area contributed by atoms with Gasteiger partial charge in [-0.25, -0.2) is 4.79 Å². The van der Waals surface area contributed by atoms with Crippen molar-refractivity contribution in [3.8, 4) is 11.8 Å². The number of anilines is 1. The highest BCUT2D eigenvalue weighted by atomic mass is 16.6. The van der Waals surface area contributed by atoms with Gasteiger partial charge in [0.2, 0.25) is 0 Å². The van der Waals surface area contributed by atoms with Gasteiger partial charge < -0.3 is 19.3 Å². The topological polar surface area (TPSA) is 82.9 Å². The zero-order valence-corrected chi connectivity index (χ0v) is 24.2. The third-order valence-electron chi connectivity index (χ3n) is 7.19. The fraction of sp³-hybridized carbons (Fsp3) is 0.286. The van der Waals surface area contributed by atoms with E-state index in [0.29, 0.717) is 30.8 Å². The number of benzene rings is 4. The lowest BCUT2D eigenvalue weighted by molar-refractivity contribution is 0.0126. The van der Waals surface area contributed by atoms with Gasteiger partial charge in [0, 0.05) is 37.2 Å². The van der Waals surface area contributed by atoms with Gasteiger partial charge in [-0.1, -0.05) is 36.4 Å². The van der Waals surface area contributed by atoms with Crippen molar-refractivity contribution in [2.24, 2.45) is 0 Å². The average Bonchev–Trinajstić information content (AvgIpc) is 2.99. The van der Waals surface area contributed by atoms with Crippen molar-refractivity contribution in [3.05, 3.63) is 108 Å². The van der Waals surface area contributed by atoms with Gasteiger partial charge in [0.05, 0.1) is 18.2 Å². The van der Waals surface area contributed by atoms with Gasteiger partial charge in [-0.05, 0) is 91.7 Å². The maximum atomic E-state index is 13.7. The Hall–Kier alpha value is -4.83. The lowest BCUT2D eigenvalue weighted by Crippen LogP contribution is -2.44. The molecule has 0 bridgehead atoms. The number of ether oxygens (including phenoxy) is 2. The van der Waals surface area contributed by atoms with Gasteiger partial charge in [-0.15, -0.1) is 0 Å². The standard InChI is InChI=1S/C35H35N3O4/c1-35(2,3)42-34(40)37-19-17-32(18-20-37)41-31-15-13-30(14-16-31)38(33(39)28-7-5-4-6-8-28)24-26-10-12-27-11-9-25(23-36)21-29(27)22-26/h4-16,21-22,32H,17-20,24H2,1-3H3. The second-order valence-corrected chi connectivity index (χ2v) is 11.5. The second kappa shape index (κ2) is 12.4. The molecule has 5 rings (SSSR count). The minimum absolute atomic E-state index is 0.00695. The molecule has 0 atom stereocenters. The first-order valence-corrected chi connectivity index (χ1v) is 14.2. The highest BCUT2D eigenvalue weighted by molar-refractivity contribution is 6.06. The van der Waals surface area contributed by atoms with E-state index < -0.39 is 5.60 Å². The number of carbonyl (C=O) groups is 2. The van der Waals surface area contributed by atoms with E-state index in [2.05, 4.69) is 6.07 Å². The van der Waals surface area contributed by atoms with Crippen molar-refractivity contribution in [1.82, 2.24) is 4.90 Å². The van der Waals surface area contributed by atoms with Crippen LogP contribution in [0.25, 0.3) is 10.8 Å². The molecule has 4 aromatic rings. The predicted octanol–water partition coefficient (Wildman–Crippen LogP) is 7.34. The molecule has 42 heavy (non-hydrogen) atoms. The number of nitrogens with zero attached hydrogens (tertiary/aromatic N) is 3. The lowest BCUT2D eigenvalue weighted by atomic mass is 10.0. The number of rotatable bonds is 6. The van der Waals surface area contributed by atoms with Crippen LogP contribution in [-0.4, -0.2) is 41.7 Å². The zero-order valence-electron chi connectivity index (χ0n) is 24.2. The number of hydrogen-bond donors (Lipinski definition) is 0. The van der Waals surface area contributed by atoms with Crippen molar-refractivity contribution in [2.45, 2.75) is 51.9 Å². The maximum absolute atomic E-state index is 13.7. The van der Waals surface area contributed by atoms with E-state index in [-0.39, 0.29) is 18.1 Å². The maximum Gasteiger partial charge on any atom is 0.410 e. The predicted molar refractivity (Wildman–Crippen MR) is 164 cm³/mol. The largest absolute Gasteiger partial charge is 0.490 e. The van der Waals surface area contributed by atoms with E-state index in [0.717, 1.165) is 40.6 Å². The summed E-state index contributed by atoms with van der Waals surface area (Å²) in [5.41, 5.74) is 2.39. The number of amides is 2. The minimum Gasteiger partial charge on any atom is -0.490 e. The van der Waals surface area contributed by atoms with Crippen LogP contribution in [0.1, 0.15) is 55.1 Å². The van der Waals surface area contributed by atoms with Crippen molar-refractivity contribution in [3.63, 3.8) is 0 Å². The first-order chi connectivity index (χ1) is 20.2.